The summed E-state index contributed by atoms with van der Waals surface area (Å²) in [6.45, 7) is -0.795. The Bertz CT molecular complexity index is 171. The molecule has 0 aromatic rings. The molecule has 0 saturated heterocycles. The fourth-order valence-electron chi connectivity index (χ4n) is 0.826. The smallest absolute Gasteiger partial charge is 0.225 e. The van der Waals surface area contributed by atoms with E-state index in [1.54, 1.807) is 0 Å². The number of hydrogen-bond acceptors (Lipinski definition) is 3. The van der Waals surface area contributed by atoms with Crippen molar-refractivity contribution in [2.75, 3.05) is 6.67 Å². The van der Waals surface area contributed by atoms with Crippen molar-refractivity contribution in [1.82, 2.24) is 4.72 Å². The fourth-order valence-corrected chi connectivity index (χ4v) is 2.03. The highest BCUT2D eigenvalue weighted by Gasteiger charge is 2.54. The van der Waals surface area contributed by atoms with Gasteiger partial charge in [0.15, 0.2) is 0 Å². The van der Waals surface area contributed by atoms with Gasteiger partial charge in [-0.2, -0.15) is 0 Å². The summed E-state index contributed by atoms with van der Waals surface area (Å²) in [6.07, 6.45) is 1.03. The molecule has 6 heteroatoms. The predicted octanol–water partition coefficient (Wildman–Crippen LogP) is 0.900. The zero-order valence-electron chi connectivity index (χ0n) is 5.79. The topological polar surface area (TPSA) is 69.6 Å². The Hall–Kier alpha value is -0.330. The Morgan fingerprint density at radius 2 is 2.18 bits per heavy atom. The van der Waals surface area contributed by atoms with Gasteiger partial charge in [0.1, 0.15) is 11.4 Å². The maximum Gasteiger partial charge on any atom is 0.225 e. The highest BCUT2D eigenvalue weighted by atomic mass is 32.3. The Labute approximate surface area is 65.3 Å². The predicted molar refractivity (Wildman–Crippen MR) is 40.0 cm³/mol. The second kappa shape index (κ2) is 2.62. The number of rotatable bonds is 4. The largest absolute Gasteiger partial charge is 0.281 e. The quantitative estimate of drug-likeness (QED) is 0.567. The maximum absolute atomic E-state index is 12.2. The normalized spacial score (nSPS) is 22.5. The first-order valence-corrected chi connectivity index (χ1v) is 4.67. The van der Waals surface area contributed by atoms with Gasteiger partial charge in [-0.1, -0.05) is 0 Å². The minimum absolute atomic E-state index is 0.186. The summed E-state index contributed by atoms with van der Waals surface area (Å²) in [4.78, 5) is 9.88. The maximum atomic E-state index is 12.2. The molecule has 66 valence electrons. The van der Waals surface area contributed by atoms with Gasteiger partial charge in [-0.05, 0) is 12.8 Å². The summed E-state index contributed by atoms with van der Waals surface area (Å²) in [5.41, 5.74) is 0. The van der Waals surface area contributed by atoms with Crippen molar-refractivity contribution in [2.45, 2.75) is 17.6 Å². The Morgan fingerprint density at radius 3 is 2.45 bits per heavy atom. The summed E-state index contributed by atoms with van der Waals surface area (Å²) in [6, 6.07) is 0. The van der Waals surface area contributed by atoms with Crippen LogP contribution < -0.4 is 4.72 Å². The molecule has 0 aromatic heterocycles. The average Bonchev–Trinajstić information content (AvgIpc) is 2.66. The lowest BCUT2D eigenvalue weighted by atomic mass is 10.5. The SMILES string of the molecule is O=CNS(O)(O)C1(CF)CC1. The van der Waals surface area contributed by atoms with Gasteiger partial charge < -0.3 is 0 Å². The van der Waals surface area contributed by atoms with E-state index in [4.69, 9.17) is 9.11 Å². The van der Waals surface area contributed by atoms with E-state index in [9.17, 15) is 9.18 Å². The molecule has 0 bridgehead atoms. The van der Waals surface area contributed by atoms with E-state index in [1.807, 2.05) is 4.72 Å². The van der Waals surface area contributed by atoms with Gasteiger partial charge in [-0.25, -0.2) is 4.39 Å². The van der Waals surface area contributed by atoms with E-state index >= 15 is 0 Å². The average molecular weight is 183 g/mol. The Balaban J connectivity index is 2.62. The van der Waals surface area contributed by atoms with E-state index in [1.165, 1.54) is 0 Å². The van der Waals surface area contributed by atoms with Crippen molar-refractivity contribution in [3.63, 3.8) is 0 Å². The van der Waals surface area contributed by atoms with E-state index in [2.05, 4.69) is 0 Å². The van der Waals surface area contributed by atoms with Gasteiger partial charge in [0.05, 0.1) is 0 Å². The molecule has 1 aliphatic rings. The molecule has 0 unspecified atom stereocenters. The molecule has 0 heterocycles. The van der Waals surface area contributed by atoms with Crippen LogP contribution in [0.25, 0.3) is 0 Å². The highest BCUT2D eigenvalue weighted by molar-refractivity contribution is 8.24. The van der Waals surface area contributed by atoms with Crippen LogP contribution in [0.4, 0.5) is 4.39 Å². The summed E-state index contributed by atoms with van der Waals surface area (Å²) in [5, 5.41) is 0. The third kappa shape index (κ3) is 1.33. The number of carbonyl (C=O) groups is 1. The standard InChI is InChI=1S/C5H10FNO3S/c6-3-5(1-2-5)11(9,10)7-4-8/h4,9-10H,1-3H2,(H,7,8). The highest BCUT2D eigenvalue weighted by Crippen LogP contribution is 2.63. The lowest BCUT2D eigenvalue weighted by molar-refractivity contribution is -0.108. The van der Waals surface area contributed by atoms with Crippen LogP contribution in [0.5, 0.6) is 0 Å². The van der Waals surface area contributed by atoms with Crippen LogP contribution in [0, 0.1) is 0 Å². The van der Waals surface area contributed by atoms with Crippen molar-refractivity contribution < 1.29 is 18.3 Å². The molecule has 11 heavy (non-hydrogen) atoms. The van der Waals surface area contributed by atoms with E-state index in [0.29, 0.717) is 12.8 Å². The van der Waals surface area contributed by atoms with E-state index in [0.717, 1.165) is 0 Å². The van der Waals surface area contributed by atoms with Gasteiger partial charge in [-0.3, -0.25) is 18.6 Å². The molecule has 1 rings (SSSR count). The van der Waals surface area contributed by atoms with Crippen LogP contribution >= 0.6 is 10.8 Å². The van der Waals surface area contributed by atoms with Crippen molar-refractivity contribution in [3.05, 3.63) is 0 Å². The number of hydrogen-bond donors (Lipinski definition) is 3. The summed E-state index contributed by atoms with van der Waals surface area (Å²) < 4.78 is 31.3. The van der Waals surface area contributed by atoms with Crippen molar-refractivity contribution in [2.24, 2.45) is 0 Å². The molecule has 0 radical (unpaired) electrons. The van der Waals surface area contributed by atoms with E-state index < -0.39 is 22.2 Å². The lowest BCUT2D eigenvalue weighted by Gasteiger charge is -2.37. The second-order valence-electron chi connectivity index (χ2n) is 2.60. The van der Waals surface area contributed by atoms with Crippen molar-refractivity contribution >= 4 is 17.2 Å². The number of alkyl halides is 1. The summed E-state index contributed by atoms with van der Waals surface area (Å²) >= 11 is 0. The van der Waals surface area contributed by atoms with Crippen LogP contribution in [0.3, 0.4) is 0 Å². The summed E-state index contributed by atoms with van der Waals surface area (Å²) in [5.74, 6) is 0. The van der Waals surface area contributed by atoms with Crippen LogP contribution in [0.2, 0.25) is 0 Å². The fraction of sp³-hybridized carbons (Fsp3) is 0.800. The van der Waals surface area contributed by atoms with Gasteiger partial charge in [-0.15, -0.1) is 10.8 Å². The molecule has 1 aliphatic carbocycles. The number of nitrogens with one attached hydrogen (secondary N) is 1. The summed E-state index contributed by atoms with van der Waals surface area (Å²) in [7, 11) is -3.24. The number of halogens is 1. The van der Waals surface area contributed by atoms with Gasteiger partial charge in [0, 0.05) is 0 Å². The molecular weight excluding hydrogens is 173 g/mol. The first-order valence-electron chi connectivity index (χ1n) is 3.13. The molecule has 1 saturated carbocycles. The Morgan fingerprint density at radius 1 is 1.64 bits per heavy atom. The molecule has 3 N–H and O–H groups in total. The zero-order chi connectivity index (χ0) is 8.54. The van der Waals surface area contributed by atoms with Crippen LogP contribution in [-0.4, -0.2) is 26.9 Å². The van der Waals surface area contributed by atoms with Gasteiger partial charge in [0.25, 0.3) is 0 Å². The second-order valence-corrected chi connectivity index (χ2v) is 4.80. The van der Waals surface area contributed by atoms with Crippen molar-refractivity contribution in [1.29, 1.82) is 0 Å². The first-order chi connectivity index (χ1) is 5.08. The first kappa shape index (κ1) is 8.76. The number of carbonyl (C=O) groups excluding carboxylic acids is 1. The molecule has 0 atom stereocenters. The lowest BCUT2D eigenvalue weighted by Crippen LogP contribution is -2.32. The van der Waals surface area contributed by atoms with Gasteiger partial charge >= 0.3 is 0 Å². The molecular formula is C5H10FNO3S. The van der Waals surface area contributed by atoms with Crippen molar-refractivity contribution in [3.8, 4) is 0 Å². The minimum atomic E-state index is -3.24. The Kier molecular flexibility index (Phi) is 2.08. The zero-order valence-corrected chi connectivity index (χ0v) is 6.60. The molecule has 1 fully saturated rings. The van der Waals surface area contributed by atoms with Crippen LogP contribution in [0.15, 0.2) is 0 Å². The monoisotopic (exact) mass is 183 g/mol. The molecule has 0 spiro atoms. The molecule has 0 aliphatic heterocycles. The van der Waals surface area contributed by atoms with Crippen LogP contribution in [0.1, 0.15) is 12.8 Å². The molecule has 4 nitrogen and oxygen atoms in total. The molecule has 1 amide bonds. The third-order valence-electron chi connectivity index (χ3n) is 1.87. The minimum Gasteiger partial charge on any atom is -0.281 e. The number of amides is 1. The van der Waals surface area contributed by atoms with E-state index in [-0.39, 0.29) is 6.41 Å². The van der Waals surface area contributed by atoms with Gasteiger partial charge in [0.2, 0.25) is 6.41 Å². The molecule has 0 aromatic carbocycles. The third-order valence-corrected chi connectivity index (χ3v) is 4.02. The van der Waals surface area contributed by atoms with Crippen LogP contribution in [-0.2, 0) is 4.79 Å².